The molecule has 0 amide bonds. The summed E-state index contributed by atoms with van der Waals surface area (Å²) in [5, 5.41) is 0. The van der Waals surface area contributed by atoms with Crippen LogP contribution in [0.2, 0.25) is 0 Å². The van der Waals surface area contributed by atoms with Gasteiger partial charge in [-0.1, -0.05) is 20.8 Å². The van der Waals surface area contributed by atoms with Gasteiger partial charge in [-0.05, 0) is 60.7 Å². The van der Waals surface area contributed by atoms with Gasteiger partial charge in [-0.3, -0.25) is 19.2 Å². The predicted molar refractivity (Wildman–Crippen MR) is 135 cm³/mol. The Labute approximate surface area is 245 Å². The fourth-order valence-electron chi connectivity index (χ4n) is 8.90. The Kier molecular flexibility index (Phi) is 8.50. The Hall–Kier alpha value is -2.03. The van der Waals surface area contributed by atoms with Gasteiger partial charge in [0.05, 0.1) is 15.9 Å². The minimum Gasteiger partial charge on any atom is -0.748 e. The normalized spacial score (nSPS) is 36.0. The second-order valence-corrected chi connectivity index (χ2v) is 14.9. The zero-order valence-corrected chi connectivity index (χ0v) is 24.8. The van der Waals surface area contributed by atoms with Gasteiger partial charge in [0.15, 0.2) is 0 Å². The molecule has 8 atom stereocenters. The van der Waals surface area contributed by atoms with Gasteiger partial charge < -0.3 is 9.29 Å². The molecule has 0 N–H and O–H groups in total. The Morgan fingerprint density at radius 2 is 1.60 bits per heavy atom. The first-order chi connectivity index (χ1) is 19.5. The van der Waals surface area contributed by atoms with Crippen molar-refractivity contribution in [2.45, 2.75) is 96.5 Å². The van der Waals surface area contributed by atoms with E-state index in [0.717, 1.165) is 0 Å². The number of ketones is 3. The number of esters is 1. The maximum atomic E-state index is 13.8. The first kappa shape index (κ1) is 33.9. The van der Waals surface area contributed by atoms with Gasteiger partial charge in [-0.15, -0.1) is 0 Å². The molecule has 244 valence electrons. The van der Waals surface area contributed by atoms with E-state index in [-0.39, 0.29) is 59.8 Å². The maximum absolute atomic E-state index is 13.8. The number of ether oxygens (including phenoxy) is 1. The van der Waals surface area contributed by atoms with Gasteiger partial charge in [0.25, 0.3) is 0 Å². The number of alkyl halides is 6. The lowest BCUT2D eigenvalue weighted by Gasteiger charge is -2.58. The van der Waals surface area contributed by atoms with Crippen molar-refractivity contribution in [3.63, 3.8) is 0 Å². The summed E-state index contributed by atoms with van der Waals surface area (Å²) >= 11 is 0. The second kappa shape index (κ2) is 10.8. The molecule has 4 fully saturated rings. The third-order valence-corrected chi connectivity index (χ3v) is 12.1. The van der Waals surface area contributed by atoms with Gasteiger partial charge in [0.2, 0.25) is 0 Å². The van der Waals surface area contributed by atoms with E-state index in [4.69, 9.17) is 0 Å². The van der Waals surface area contributed by atoms with Crippen LogP contribution < -0.4 is 0 Å². The average molecular weight is 646 g/mol. The number of halogens is 6. The van der Waals surface area contributed by atoms with Crippen molar-refractivity contribution < 1.29 is 63.2 Å². The quantitative estimate of drug-likeness (QED) is 0.216. The van der Waals surface area contributed by atoms with Crippen LogP contribution in [0.4, 0.5) is 26.3 Å². The molecule has 0 spiro atoms. The maximum Gasteiger partial charge on any atom is 0.438 e. The first-order valence-electron chi connectivity index (χ1n) is 14.3. The van der Waals surface area contributed by atoms with Gasteiger partial charge in [-0.25, -0.2) is 8.42 Å². The lowest BCUT2D eigenvalue weighted by atomic mass is 9.44. The van der Waals surface area contributed by atoms with Crippen molar-refractivity contribution >= 4 is 33.4 Å². The Morgan fingerprint density at radius 1 is 1.00 bits per heavy atom. The van der Waals surface area contributed by atoms with Gasteiger partial charge in [0, 0.05) is 43.4 Å². The molecule has 0 aliphatic heterocycles. The molecule has 4 aliphatic rings. The van der Waals surface area contributed by atoms with E-state index in [1.807, 2.05) is 6.92 Å². The number of rotatable bonds is 7. The molecule has 8 nitrogen and oxygen atoms in total. The third kappa shape index (κ3) is 5.65. The smallest absolute Gasteiger partial charge is 0.438 e. The van der Waals surface area contributed by atoms with E-state index in [2.05, 4.69) is 4.74 Å². The summed E-state index contributed by atoms with van der Waals surface area (Å²) in [6.45, 7) is 5.40. The summed E-state index contributed by atoms with van der Waals surface area (Å²) in [4.78, 5) is 51.8. The molecule has 0 heterocycles. The van der Waals surface area contributed by atoms with Crippen molar-refractivity contribution in [2.75, 3.05) is 5.75 Å². The third-order valence-electron chi connectivity index (χ3n) is 11.3. The molecule has 0 saturated heterocycles. The standard InChI is InChI=1S/C28H36F6O8S/c1-14(4-7-22(38)42-26(27(29,30)31,28(32,33)34)13-43(39,40)41)17-5-6-18-23-19(12-21(37)25(17,18)3)24(2)9-8-16(35)10-15(24)11-20(23)36/h14-15,17-19,23H,4-13H2,1-3H3,(H,39,40,41)/p-1/t14-,15?,17?,18+,19+,23+,24?,25?/m1/s1. The summed E-state index contributed by atoms with van der Waals surface area (Å²) in [6, 6.07) is 0. The fourth-order valence-corrected chi connectivity index (χ4v) is 9.78. The van der Waals surface area contributed by atoms with Crippen LogP contribution in [0.3, 0.4) is 0 Å². The molecular weight excluding hydrogens is 610 g/mol. The minimum absolute atomic E-state index is 0.00625. The van der Waals surface area contributed by atoms with E-state index in [1.54, 1.807) is 13.8 Å². The van der Waals surface area contributed by atoms with Gasteiger partial charge >= 0.3 is 23.9 Å². The largest absolute Gasteiger partial charge is 0.748 e. The summed E-state index contributed by atoms with van der Waals surface area (Å²) < 4.78 is 118. The zero-order valence-electron chi connectivity index (χ0n) is 24.0. The number of carbonyl (C=O) groups is 4. The van der Waals surface area contributed by atoms with Crippen LogP contribution in [0.1, 0.15) is 78.6 Å². The molecule has 4 unspecified atom stereocenters. The number of carbonyl (C=O) groups excluding carboxylic acids is 4. The molecule has 0 aromatic heterocycles. The molecule has 4 aliphatic carbocycles. The summed E-state index contributed by atoms with van der Waals surface area (Å²) in [7, 11) is -6.14. The van der Waals surface area contributed by atoms with Crippen molar-refractivity contribution in [3.05, 3.63) is 0 Å². The van der Waals surface area contributed by atoms with E-state index < -0.39 is 69.4 Å². The summed E-state index contributed by atoms with van der Waals surface area (Å²) in [6.07, 6.45) is -11.5. The Morgan fingerprint density at radius 3 is 2.16 bits per heavy atom. The molecule has 0 bridgehead atoms. The number of hydrogen-bond acceptors (Lipinski definition) is 8. The van der Waals surface area contributed by atoms with Crippen molar-refractivity contribution in [1.82, 2.24) is 0 Å². The molecular formula is C28H35F6O8S-. The highest BCUT2D eigenvalue weighted by Crippen LogP contribution is 2.66. The average Bonchev–Trinajstić information content (AvgIpc) is 3.20. The van der Waals surface area contributed by atoms with Gasteiger partial charge in [0.1, 0.15) is 17.3 Å². The highest BCUT2D eigenvalue weighted by molar-refractivity contribution is 7.85. The fraction of sp³-hybridized carbons (Fsp3) is 0.857. The summed E-state index contributed by atoms with van der Waals surface area (Å²) in [5.74, 6) is -7.11. The first-order valence-corrected chi connectivity index (χ1v) is 15.9. The molecule has 4 saturated carbocycles. The van der Waals surface area contributed by atoms with Crippen molar-refractivity contribution in [3.8, 4) is 0 Å². The van der Waals surface area contributed by atoms with Crippen LogP contribution >= 0.6 is 0 Å². The lowest BCUT2D eigenvalue weighted by Crippen LogP contribution is -2.63. The van der Waals surface area contributed by atoms with E-state index in [9.17, 15) is 58.5 Å². The molecule has 43 heavy (non-hydrogen) atoms. The molecule has 0 radical (unpaired) electrons. The highest BCUT2D eigenvalue weighted by atomic mass is 32.2. The topological polar surface area (TPSA) is 135 Å². The minimum atomic E-state index is -6.45. The summed E-state index contributed by atoms with van der Waals surface area (Å²) in [5.41, 5.74) is -6.89. The number of hydrogen-bond donors (Lipinski definition) is 0. The highest BCUT2D eigenvalue weighted by Gasteiger charge is 2.75. The van der Waals surface area contributed by atoms with Crippen LogP contribution in [-0.4, -0.2) is 60.0 Å². The monoisotopic (exact) mass is 645 g/mol. The van der Waals surface area contributed by atoms with Crippen LogP contribution in [0.5, 0.6) is 0 Å². The van der Waals surface area contributed by atoms with Gasteiger partial charge in [-0.2, -0.15) is 26.3 Å². The Bertz CT molecular complexity index is 1280. The van der Waals surface area contributed by atoms with Crippen LogP contribution in [-0.2, 0) is 34.0 Å². The van der Waals surface area contributed by atoms with E-state index in [1.165, 1.54) is 0 Å². The van der Waals surface area contributed by atoms with E-state index in [0.29, 0.717) is 32.1 Å². The SMILES string of the molecule is C[C@H](CCC(=O)OC(CS(=O)(=O)[O-])(C(F)(F)F)C(F)(F)F)C1CC[C@H]2[C@@H]3C(=O)CC4CC(=O)CCC4(C)[C@H]3CC(=O)C12C. The molecule has 4 rings (SSSR count). The second-order valence-electron chi connectivity index (χ2n) is 13.5. The molecule has 0 aromatic rings. The molecule has 15 heteroatoms. The van der Waals surface area contributed by atoms with Crippen LogP contribution in [0.15, 0.2) is 0 Å². The predicted octanol–water partition coefficient (Wildman–Crippen LogP) is 4.94. The zero-order chi connectivity index (χ0) is 32.6. The lowest BCUT2D eigenvalue weighted by molar-refractivity contribution is -0.361. The van der Waals surface area contributed by atoms with E-state index >= 15 is 0 Å². The molecule has 0 aromatic carbocycles. The number of fused-ring (bicyclic) bond motifs is 5. The van der Waals surface area contributed by atoms with Crippen molar-refractivity contribution in [2.24, 2.45) is 46.3 Å². The van der Waals surface area contributed by atoms with Crippen molar-refractivity contribution in [1.29, 1.82) is 0 Å². The number of Topliss-reactive ketones (excluding diaryl/α,β-unsaturated/α-hetero) is 3. The van der Waals surface area contributed by atoms with Crippen LogP contribution in [0.25, 0.3) is 0 Å². The van der Waals surface area contributed by atoms with Crippen LogP contribution in [0, 0.1) is 46.3 Å². The Balaban J connectivity index is 1.51.